The van der Waals surface area contributed by atoms with E-state index in [2.05, 4.69) is 32.0 Å². The molecule has 0 radical (unpaired) electrons. The number of ether oxygens (including phenoxy) is 1. The van der Waals surface area contributed by atoms with Crippen LogP contribution in [-0.2, 0) is 11.3 Å². The van der Waals surface area contributed by atoms with Crippen molar-refractivity contribution in [3.63, 3.8) is 0 Å². The van der Waals surface area contributed by atoms with Crippen molar-refractivity contribution in [1.82, 2.24) is 24.6 Å². The van der Waals surface area contributed by atoms with E-state index >= 15 is 0 Å². The molecule has 4 fully saturated rings. The summed E-state index contributed by atoms with van der Waals surface area (Å²) < 4.78 is 7.14. The predicted molar refractivity (Wildman–Crippen MR) is 109 cm³/mol. The molecule has 154 valence electrons. The number of benzene rings is 1. The van der Waals surface area contributed by atoms with Gasteiger partial charge in [0, 0.05) is 31.5 Å². The number of nitrogens with zero attached hydrogens (tertiary/aromatic N) is 5. The lowest BCUT2D eigenvalue weighted by Crippen LogP contribution is -2.60. The minimum absolute atomic E-state index is 0.296. The van der Waals surface area contributed by atoms with Crippen LogP contribution in [-0.4, -0.2) is 69.3 Å². The Morgan fingerprint density at radius 2 is 1.97 bits per heavy atom. The third kappa shape index (κ3) is 3.41. The van der Waals surface area contributed by atoms with E-state index in [9.17, 15) is 4.79 Å². The van der Waals surface area contributed by atoms with Gasteiger partial charge >= 0.3 is 0 Å². The lowest BCUT2D eigenvalue weighted by Gasteiger charge is -2.51. The second-order valence-corrected chi connectivity index (χ2v) is 8.54. The van der Waals surface area contributed by atoms with Crippen LogP contribution in [0.5, 0.6) is 5.75 Å². The summed E-state index contributed by atoms with van der Waals surface area (Å²) in [5, 5.41) is 4.14. The molecule has 1 aromatic heterocycles. The number of carbonyl (C=O) groups excluding carboxylic acids is 1. The Morgan fingerprint density at radius 1 is 1.17 bits per heavy atom. The minimum Gasteiger partial charge on any atom is -0.497 e. The van der Waals surface area contributed by atoms with Crippen LogP contribution in [0.15, 0.2) is 36.9 Å². The van der Waals surface area contributed by atoms with Crippen molar-refractivity contribution in [2.45, 2.75) is 50.2 Å². The van der Waals surface area contributed by atoms with Crippen molar-refractivity contribution in [3.05, 3.63) is 42.5 Å². The highest BCUT2D eigenvalue weighted by atomic mass is 16.5. The van der Waals surface area contributed by atoms with E-state index < -0.39 is 0 Å². The number of amides is 1. The van der Waals surface area contributed by atoms with Gasteiger partial charge in [-0.2, -0.15) is 5.10 Å². The van der Waals surface area contributed by atoms with Crippen molar-refractivity contribution >= 4 is 5.91 Å². The summed E-state index contributed by atoms with van der Waals surface area (Å²) in [4.78, 5) is 22.1. The molecule has 0 N–H and O–H groups in total. The zero-order valence-electron chi connectivity index (χ0n) is 17.0. The maximum atomic E-state index is 13.2. The standard InChI is InChI=1S/C22H29N5O2/c1-29-18-6-4-16(5-7-18)19-13-27(20(28)3-2-10-26-15-23-14-24-26)21-17-8-11-25(12-9-17)22(19)21/h4-7,14-15,17,19,21-22H,2-3,8-13H2,1H3/t19-,21+,22+/m0/s1. The molecule has 4 aliphatic rings. The zero-order valence-corrected chi connectivity index (χ0v) is 17.0. The summed E-state index contributed by atoms with van der Waals surface area (Å²) in [5.41, 5.74) is 1.33. The van der Waals surface area contributed by atoms with E-state index in [0.29, 0.717) is 36.2 Å². The summed E-state index contributed by atoms with van der Waals surface area (Å²) >= 11 is 0. The van der Waals surface area contributed by atoms with Gasteiger partial charge in [0.05, 0.1) is 13.2 Å². The fraction of sp³-hybridized carbons (Fsp3) is 0.591. The van der Waals surface area contributed by atoms with Crippen LogP contribution in [0, 0.1) is 5.92 Å². The average Bonchev–Trinajstić information content (AvgIpc) is 3.44. The second-order valence-electron chi connectivity index (χ2n) is 8.54. The maximum absolute atomic E-state index is 13.2. The van der Waals surface area contributed by atoms with Crippen LogP contribution in [0.2, 0.25) is 0 Å². The number of aromatic nitrogens is 3. The number of likely N-dealkylation sites (tertiary alicyclic amines) is 1. The SMILES string of the molecule is COc1ccc([C@@H]2CN(C(=O)CCCn3cncn3)[C@@H]3C4CCN(CC4)[C@@H]32)cc1. The summed E-state index contributed by atoms with van der Waals surface area (Å²) in [6, 6.07) is 9.27. The van der Waals surface area contributed by atoms with Gasteiger partial charge in [-0.1, -0.05) is 12.1 Å². The van der Waals surface area contributed by atoms with Crippen molar-refractivity contribution in [1.29, 1.82) is 0 Å². The molecule has 1 aromatic carbocycles. The van der Waals surface area contributed by atoms with Crippen LogP contribution in [0.3, 0.4) is 0 Å². The first kappa shape index (κ1) is 18.6. The van der Waals surface area contributed by atoms with Gasteiger partial charge in [-0.05, 0) is 56.0 Å². The van der Waals surface area contributed by atoms with E-state index in [1.807, 2.05) is 12.1 Å². The van der Waals surface area contributed by atoms with E-state index in [4.69, 9.17) is 4.74 Å². The van der Waals surface area contributed by atoms with Gasteiger partial charge in [0.2, 0.25) is 5.91 Å². The number of fused-ring (bicyclic) bond motifs is 2. The molecular formula is C22H29N5O2. The van der Waals surface area contributed by atoms with Gasteiger partial charge in [-0.25, -0.2) is 4.98 Å². The van der Waals surface area contributed by atoms with E-state index in [1.165, 1.54) is 31.5 Å². The number of aryl methyl sites for hydroxylation is 1. The highest BCUT2D eigenvalue weighted by Crippen LogP contribution is 2.46. The first-order chi connectivity index (χ1) is 14.2. The molecule has 29 heavy (non-hydrogen) atoms. The fourth-order valence-electron chi connectivity index (χ4n) is 5.73. The smallest absolute Gasteiger partial charge is 0.222 e. The van der Waals surface area contributed by atoms with Crippen LogP contribution in [0.4, 0.5) is 0 Å². The first-order valence-corrected chi connectivity index (χ1v) is 10.7. The molecule has 3 atom stereocenters. The molecule has 0 spiro atoms. The molecule has 2 aromatic rings. The zero-order chi connectivity index (χ0) is 19.8. The molecule has 7 heteroatoms. The average molecular weight is 396 g/mol. The second kappa shape index (κ2) is 7.78. The largest absolute Gasteiger partial charge is 0.497 e. The quantitative estimate of drug-likeness (QED) is 0.750. The lowest BCUT2D eigenvalue weighted by molar-refractivity contribution is -0.136. The summed E-state index contributed by atoms with van der Waals surface area (Å²) in [5.74, 6) is 2.21. The Bertz CT molecular complexity index is 829. The van der Waals surface area contributed by atoms with Crippen molar-refractivity contribution in [3.8, 4) is 5.75 Å². The Balaban J connectivity index is 1.33. The molecule has 5 heterocycles. The highest BCUT2D eigenvalue weighted by molar-refractivity contribution is 5.77. The lowest BCUT2D eigenvalue weighted by atomic mass is 9.75. The van der Waals surface area contributed by atoms with Gasteiger partial charge in [0.1, 0.15) is 18.4 Å². The van der Waals surface area contributed by atoms with Gasteiger partial charge in [-0.15, -0.1) is 0 Å². The molecule has 1 amide bonds. The summed E-state index contributed by atoms with van der Waals surface area (Å²) in [6.45, 7) is 3.92. The Kier molecular flexibility index (Phi) is 4.99. The van der Waals surface area contributed by atoms with Crippen molar-refractivity contribution < 1.29 is 9.53 Å². The Hall–Kier alpha value is -2.41. The molecule has 0 aliphatic carbocycles. The number of rotatable bonds is 6. The van der Waals surface area contributed by atoms with Gasteiger partial charge in [0.15, 0.2) is 0 Å². The molecule has 7 nitrogen and oxygen atoms in total. The molecule has 0 unspecified atom stereocenters. The first-order valence-electron chi connectivity index (χ1n) is 10.7. The highest BCUT2D eigenvalue weighted by Gasteiger charge is 2.54. The van der Waals surface area contributed by atoms with Crippen LogP contribution in [0.1, 0.15) is 37.2 Å². The van der Waals surface area contributed by atoms with Gasteiger partial charge in [0.25, 0.3) is 0 Å². The Labute approximate surface area is 171 Å². The van der Waals surface area contributed by atoms with Crippen LogP contribution in [0.25, 0.3) is 0 Å². The van der Waals surface area contributed by atoms with Gasteiger partial charge in [-0.3, -0.25) is 14.4 Å². The van der Waals surface area contributed by atoms with Crippen LogP contribution < -0.4 is 4.74 Å². The molecule has 4 aliphatic heterocycles. The molecule has 6 rings (SSSR count). The third-order valence-electron chi connectivity index (χ3n) is 7.10. The Morgan fingerprint density at radius 3 is 2.66 bits per heavy atom. The molecule has 4 saturated heterocycles. The van der Waals surface area contributed by atoms with E-state index in [0.717, 1.165) is 25.3 Å². The number of methoxy groups -OCH3 is 1. The van der Waals surface area contributed by atoms with Crippen molar-refractivity contribution in [2.24, 2.45) is 5.92 Å². The maximum Gasteiger partial charge on any atom is 0.222 e. The molecular weight excluding hydrogens is 366 g/mol. The van der Waals surface area contributed by atoms with E-state index in [-0.39, 0.29) is 0 Å². The fourth-order valence-corrected chi connectivity index (χ4v) is 5.73. The number of piperidine rings is 3. The van der Waals surface area contributed by atoms with E-state index in [1.54, 1.807) is 24.4 Å². The number of hydrogen-bond donors (Lipinski definition) is 0. The van der Waals surface area contributed by atoms with Crippen LogP contribution >= 0.6 is 0 Å². The van der Waals surface area contributed by atoms with Crippen molar-refractivity contribution in [2.75, 3.05) is 26.7 Å². The normalized spacial score (nSPS) is 30.4. The third-order valence-corrected chi connectivity index (χ3v) is 7.10. The molecule has 2 bridgehead atoms. The van der Waals surface area contributed by atoms with Gasteiger partial charge < -0.3 is 9.64 Å². The monoisotopic (exact) mass is 395 g/mol. The summed E-state index contributed by atoms with van der Waals surface area (Å²) in [6.07, 6.45) is 7.07. The number of hydrogen-bond acceptors (Lipinski definition) is 5. The molecule has 0 saturated carbocycles. The topological polar surface area (TPSA) is 63.5 Å². The summed E-state index contributed by atoms with van der Waals surface area (Å²) in [7, 11) is 1.70. The number of carbonyl (C=O) groups is 1. The minimum atomic E-state index is 0.296. The predicted octanol–water partition coefficient (Wildman–Crippen LogP) is 2.16.